The smallest absolute Gasteiger partial charge is 0.271 e. The summed E-state index contributed by atoms with van der Waals surface area (Å²) in [7, 11) is 0. The summed E-state index contributed by atoms with van der Waals surface area (Å²) in [6, 6.07) is 11.5. The summed E-state index contributed by atoms with van der Waals surface area (Å²) in [5.41, 5.74) is 6.76. The summed E-state index contributed by atoms with van der Waals surface area (Å²) in [4.78, 5) is 12.5. The molecule has 1 N–H and O–H groups in total. The van der Waals surface area contributed by atoms with Gasteiger partial charge in [-0.2, -0.15) is 5.10 Å². The fourth-order valence-electron chi connectivity index (χ4n) is 4.13. The summed E-state index contributed by atoms with van der Waals surface area (Å²) in [6.45, 7) is 9.21. The molecule has 0 saturated heterocycles. The van der Waals surface area contributed by atoms with E-state index < -0.39 is 0 Å². The number of hydrazone groups is 1. The highest BCUT2D eigenvalue weighted by molar-refractivity contribution is 9.11. The highest BCUT2D eigenvalue weighted by atomic mass is 79.9. The minimum atomic E-state index is -0.185. The molecule has 0 unspecified atom stereocenters. The Morgan fingerprint density at radius 1 is 1.20 bits per heavy atom. The summed E-state index contributed by atoms with van der Waals surface area (Å²) in [5, 5.41) is 4.41. The molecule has 30 heavy (non-hydrogen) atoms. The van der Waals surface area contributed by atoms with Gasteiger partial charge in [0.1, 0.15) is 12.4 Å². The van der Waals surface area contributed by atoms with Crippen molar-refractivity contribution in [1.29, 1.82) is 0 Å². The predicted octanol–water partition coefficient (Wildman–Crippen LogP) is 7.03. The van der Waals surface area contributed by atoms with E-state index in [1.807, 2.05) is 31.2 Å². The first-order valence-corrected chi connectivity index (χ1v) is 11.7. The Morgan fingerprint density at radius 2 is 1.83 bits per heavy atom. The van der Waals surface area contributed by atoms with Gasteiger partial charge in [0.2, 0.25) is 0 Å². The highest BCUT2D eigenvalue weighted by Gasteiger charge is 2.29. The largest absolute Gasteiger partial charge is 0.487 e. The quantitative estimate of drug-likeness (QED) is 0.418. The lowest BCUT2D eigenvalue weighted by molar-refractivity contribution is 0.0954. The average molecular weight is 536 g/mol. The molecule has 160 valence electrons. The number of carbonyl (C=O) groups excluding carboxylic acids is 1. The van der Waals surface area contributed by atoms with Gasteiger partial charge in [0.15, 0.2) is 0 Å². The van der Waals surface area contributed by atoms with E-state index in [4.69, 9.17) is 4.74 Å². The van der Waals surface area contributed by atoms with E-state index in [0.29, 0.717) is 18.1 Å². The zero-order chi connectivity index (χ0) is 21.9. The molecule has 0 radical (unpaired) electrons. The van der Waals surface area contributed by atoms with Crippen molar-refractivity contribution in [3.8, 4) is 5.75 Å². The molecule has 4 nitrogen and oxygen atoms in total. The molecular weight excluding hydrogens is 508 g/mol. The van der Waals surface area contributed by atoms with Crippen LogP contribution in [0.1, 0.15) is 61.5 Å². The molecular formula is C24H28Br2N2O2. The van der Waals surface area contributed by atoms with Crippen LogP contribution >= 0.6 is 31.9 Å². The van der Waals surface area contributed by atoms with Crippen LogP contribution in [-0.2, 0) is 6.61 Å². The van der Waals surface area contributed by atoms with Crippen molar-refractivity contribution in [2.24, 2.45) is 16.4 Å². The summed E-state index contributed by atoms with van der Waals surface area (Å²) >= 11 is 7.08. The maximum atomic E-state index is 12.5. The minimum absolute atomic E-state index is 0.185. The van der Waals surface area contributed by atoms with E-state index in [0.717, 1.165) is 44.4 Å². The van der Waals surface area contributed by atoms with Crippen molar-refractivity contribution >= 4 is 43.5 Å². The molecule has 0 aliphatic heterocycles. The third kappa shape index (κ3) is 6.17. The van der Waals surface area contributed by atoms with Gasteiger partial charge in [-0.05, 0) is 105 Å². The van der Waals surface area contributed by atoms with Crippen LogP contribution in [-0.4, -0.2) is 11.6 Å². The van der Waals surface area contributed by atoms with Gasteiger partial charge < -0.3 is 4.74 Å². The molecule has 1 aliphatic carbocycles. The highest BCUT2D eigenvalue weighted by Crippen LogP contribution is 2.37. The Labute approximate surface area is 195 Å². The molecule has 3 rings (SSSR count). The standard InChI is InChI=1S/C24H28Br2N2O2/c1-15-10-20(25)22(21(26)11-15)30-14-17-5-7-18(8-6-17)23(29)28-27-19-9-16(2)12-24(3,4)13-19/h5-8,10-11,16H,9,12-14H2,1-4H3,(H,28,29)/b27-19+/t16-/m0/s1. The molecule has 1 saturated carbocycles. The molecule has 2 aromatic carbocycles. The fraction of sp³-hybridized carbons (Fsp3) is 0.417. The Balaban J connectivity index is 1.59. The van der Waals surface area contributed by atoms with E-state index in [-0.39, 0.29) is 11.3 Å². The second kappa shape index (κ2) is 9.65. The first-order chi connectivity index (χ1) is 14.1. The SMILES string of the molecule is Cc1cc(Br)c(OCc2ccc(C(=O)N/N=C3\C[C@H](C)CC(C)(C)C3)cc2)c(Br)c1. The normalized spacial score (nSPS) is 19.5. The van der Waals surface area contributed by atoms with Crippen LogP contribution < -0.4 is 10.2 Å². The van der Waals surface area contributed by atoms with Gasteiger partial charge in [-0.1, -0.05) is 32.9 Å². The lowest BCUT2D eigenvalue weighted by Gasteiger charge is -2.34. The van der Waals surface area contributed by atoms with Crippen LogP contribution in [0, 0.1) is 18.3 Å². The Bertz CT molecular complexity index is 929. The van der Waals surface area contributed by atoms with Gasteiger partial charge in [0.25, 0.3) is 5.91 Å². The molecule has 2 aromatic rings. The molecule has 6 heteroatoms. The summed E-state index contributed by atoms with van der Waals surface area (Å²) in [6.07, 6.45) is 3.07. The molecule has 0 bridgehead atoms. The topological polar surface area (TPSA) is 50.7 Å². The molecule has 1 aliphatic rings. The van der Waals surface area contributed by atoms with Crippen LogP contribution in [0.15, 0.2) is 50.4 Å². The number of aryl methyl sites for hydroxylation is 1. The first-order valence-electron chi connectivity index (χ1n) is 10.2. The van der Waals surface area contributed by atoms with E-state index in [9.17, 15) is 4.79 Å². The Hall–Kier alpha value is -1.66. The van der Waals surface area contributed by atoms with Crippen molar-refractivity contribution in [2.75, 3.05) is 0 Å². The third-order valence-electron chi connectivity index (χ3n) is 5.23. The molecule has 1 fully saturated rings. The van der Waals surface area contributed by atoms with Crippen LogP contribution in [0.25, 0.3) is 0 Å². The fourth-order valence-corrected chi connectivity index (χ4v) is 5.77. The number of halogens is 2. The zero-order valence-corrected chi connectivity index (χ0v) is 21.1. The third-order valence-corrected chi connectivity index (χ3v) is 6.40. The molecule has 0 aromatic heterocycles. The number of nitrogens with one attached hydrogen (secondary N) is 1. The predicted molar refractivity (Wildman–Crippen MR) is 129 cm³/mol. The van der Waals surface area contributed by atoms with Gasteiger partial charge >= 0.3 is 0 Å². The molecule has 0 spiro atoms. The molecule has 0 heterocycles. The molecule has 1 amide bonds. The zero-order valence-electron chi connectivity index (χ0n) is 17.9. The minimum Gasteiger partial charge on any atom is -0.487 e. The van der Waals surface area contributed by atoms with Crippen molar-refractivity contribution in [1.82, 2.24) is 5.43 Å². The lowest BCUT2D eigenvalue weighted by atomic mass is 9.72. The second-order valence-electron chi connectivity index (χ2n) is 9.02. The van der Waals surface area contributed by atoms with Crippen LogP contribution in [0.5, 0.6) is 5.75 Å². The summed E-state index contributed by atoms with van der Waals surface area (Å²) in [5.74, 6) is 1.18. The van der Waals surface area contributed by atoms with Crippen molar-refractivity contribution in [3.05, 3.63) is 62.0 Å². The van der Waals surface area contributed by atoms with E-state index in [1.54, 1.807) is 12.1 Å². The number of ether oxygens (including phenoxy) is 1. The van der Waals surface area contributed by atoms with E-state index in [2.05, 4.69) is 63.2 Å². The van der Waals surface area contributed by atoms with Crippen molar-refractivity contribution < 1.29 is 9.53 Å². The van der Waals surface area contributed by atoms with Gasteiger partial charge in [-0.15, -0.1) is 0 Å². The maximum absolute atomic E-state index is 12.5. The van der Waals surface area contributed by atoms with E-state index >= 15 is 0 Å². The number of nitrogens with zero attached hydrogens (tertiary/aromatic N) is 1. The van der Waals surface area contributed by atoms with Gasteiger partial charge in [0.05, 0.1) is 8.95 Å². The maximum Gasteiger partial charge on any atom is 0.271 e. The number of hydrogen-bond acceptors (Lipinski definition) is 3. The number of benzene rings is 2. The average Bonchev–Trinajstić information content (AvgIpc) is 2.64. The number of amides is 1. The summed E-state index contributed by atoms with van der Waals surface area (Å²) < 4.78 is 7.76. The van der Waals surface area contributed by atoms with Crippen LogP contribution in [0.3, 0.4) is 0 Å². The van der Waals surface area contributed by atoms with Crippen molar-refractivity contribution in [2.45, 2.75) is 53.6 Å². The number of rotatable bonds is 5. The Morgan fingerprint density at radius 3 is 2.43 bits per heavy atom. The van der Waals surface area contributed by atoms with Gasteiger partial charge in [-0.3, -0.25) is 4.79 Å². The Kier molecular flexibility index (Phi) is 7.40. The van der Waals surface area contributed by atoms with E-state index in [1.165, 1.54) is 6.42 Å². The molecule has 1 atom stereocenters. The van der Waals surface area contributed by atoms with Crippen LogP contribution in [0.2, 0.25) is 0 Å². The monoisotopic (exact) mass is 534 g/mol. The second-order valence-corrected chi connectivity index (χ2v) is 10.7. The van der Waals surface area contributed by atoms with Gasteiger partial charge in [-0.25, -0.2) is 5.43 Å². The lowest BCUT2D eigenvalue weighted by Crippen LogP contribution is -2.30. The van der Waals surface area contributed by atoms with Gasteiger partial charge in [0, 0.05) is 11.3 Å². The van der Waals surface area contributed by atoms with Crippen LogP contribution in [0.4, 0.5) is 0 Å². The first kappa shape index (κ1) is 23.0. The number of hydrogen-bond donors (Lipinski definition) is 1. The number of carbonyl (C=O) groups is 1. The van der Waals surface area contributed by atoms with Crippen molar-refractivity contribution in [3.63, 3.8) is 0 Å².